The Balaban J connectivity index is 1.53. The van der Waals surface area contributed by atoms with E-state index in [-0.39, 0.29) is 11.7 Å². The molecule has 25 heavy (non-hydrogen) atoms. The van der Waals surface area contributed by atoms with Crippen LogP contribution in [0.5, 0.6) is 0 Å². The van der Waals surface area contributed by atoms with E-state index in [2.05, 4.69) is 32.0 Å². The van der Waals surface area contributed by atoms with Crippen molar-refractivity contribution in [2.45, 2.75) is 45.7 Å². The monoisotopic (exact) mass is 333 g/mol. The summed E-state index contributed by atoms with van der Waals surface area (Å²) in [6, 6.07) is 16.5. The van der Waals surface area contributed by atoms with Crippen molar-refractivity contribution in [3.05, 3.63) is 64.6 Å². The molecule has 0 fully saturated rings. The minimum atomic E-state index is 0.0906. The zero-order chi connectivity index (χ0) is 17.4. The molecular weight excluding hydrogens is 310 g/mol. The first-order valence-corrected chi connectivity index (χ1v) is 8.99. The topological polar surface area (TPSA) is 39.3 Å². The smallest absolute Gasteiger partial charge is 0.292 e. The Hall–Kier alpha value is -2.62. The lowest BCUT2D eigenvalue weighted by atomic mass is 10.1. The molecule has 0 bridgehead atoms. The van der Waals surface area contributed by atoms with E-state index in [1.165, 1.54) is 11.3 Å². The number of rotatable bonds is 5. The molecule has 0 atom stereocenters. The van der Waals surface area contributed by atoms with Gasteiger partial charge in [0.15, 0.2) is 0 Å². The van der Waals surface area contributed by atoms with Crippen LogP contribution in [-0.4, -0.2) is 14.8 Å². The summed E-state index contributed by atoms with van der Waals surface area (Å²) in [4.78, 5) is 17.6. The van der Waals surface area contributed by atoms with Crippen LogP contribution in [0.15, 0.2) is 58.3 Å². The van der Waals surface area contributed by atoms with Crippen LogP contribution in [0.2, 0.25) is 0 Å². The van der Waals surface area contributed by atoms with Crippen molar-refractivity contribution in [1.82, 2.24) is 9.13 Å². The lowest BCUT2D eigenvalue weighted by Gasteiger charge is -2.06. The number of hydrogen-bond donors (Lipinski definition) is 0. The van der Waals surface area contributed by atoms with Gasteiger partial charge >= 0.3 is 5.69 Å². The SMILES string of the molecule is CC(C)n1c(=O)n(CCCC2=Nc3ccccc3C2)c2ccccc21. The van der Waals surface area contributed by atoms with Crippen molar-refractivity contribution in [2.24, 2.45) is 4.99 Å². The average Bonchev–Trinajstić information content (AvgIpc) is 3.13. The third kappa shape index (κ3) is 2.82. The lowest BCUT2D eigenvalue weighted by molar-refractivity contribution is 0.557. The first-order valence-electron chi connectivity index (χ1n) is 8.99. The molecule has 4 rings (SSSR count). The average molecular weight is 333 g/mol. The second-order valence-corrected chi connectivity index (χ2v) is 6.97. The Kier molecular flexibility index (Phi) is 4.04. The largest absolute Gasteiger partial charge is 0.329 e. The van der Waals surface area contributed by atoms with Gasteiger partial charge in [0, 0.05) is 24.7 Å². The Morgan fingerprint density at radius 3 is 2.52 bits per heavy atom. The summed E-state index contributed by atoms with van der Waals surface area (Å²) in [6.45, 7) is 4.85. The highest BCUT2D eigenvalue weighted by Crippen LogP contribution is 2.27. The molecule has 2 heterocycles. The predicted octanol–water partition coefficient (Wildman–Crippen LogP) is 4.49. The maximum absolute atomic E-state index is 12.8. The second-order valence-electron chi connectivity index (χ2n) is 6.97. The Morgan fingerprint density at radius 2 is 1.76 bits per heavy atom. The molecule has 0 aliphatic carbocycles. The van der Waals surface area contributed by atoms with Crippen LogP contribution in [0, 0.1) is 0 Å². The van der Waals surface area contributed by atoms with Gasteiger partial charge in [-0.3, -0.25) is 14.1 Å². The molecule has 0 spiro atoms. The second kappa shape index (κ2) is 6.36. The van der Waals surface area contributed by atoms with Crippen molar-refractivity contribution in [2.75, 3.05) is 0 Å². The molecule has 0 radical (unpaired) electrons. The van der Waals surface area contributed by atoms with Crippen molar-refractivity contribution in [3.63, 3.8) is 0 Å². The van der Waals surface area contributed by atoms with E-state index in [1.54, 1.807) is 0 Å². The van der Waals surface area contributed by atoms with Crippen molar-refractivity contribution >= 4 is 22.4 Å². The van der Waals surface area contributed by atoms with Gasteiger partial charge in [0.05, 0.1) is 16.7 Å². The van der Waals surface area contributed by atoms with Gasteiger partial charge in [0.25, 0.3) is 0 Å². The summed E-state index contributed by atoms with van der Waals surface area (Å²) >= 11 is 0. The standard InChI is InChI=1S/C21H23N3O/c1-15(2)24-20-12-6-5-11-19(20)23(21(24)25)13-7-9-17-14-16-8-3-4-10-18(16)22-17/h3-6,8,10-12,15H,7,9,13-14H2,1-2H3. The third-order valence-corrected chi connectivity index (χ3v) is 4.90. The highest BCUT2D eigenvalue weighted by atomic mass is 16.1. The van der Waals surface area contributed by atoms with E-state index in [0.717, 1.165) is 42.5 Å². The molecule has 128 valence electrons. The fraction of sp³-hybridized carbons (Fsp3) is 0.333. The van der Waals surface area contributed by atoms with Gasteiger partial charge in [-0.15, -0.1) is 0 Å². The number of hydrogen-bond acceptors (Lipinski definition) is 2. The van der Waals surface area contributed by atoms with Gasteiger partial charge in [-0.2, -0.15) is 0 Å². The van der Waals surface area contributed by atoms with Crippen LogP contribution >= 0.6 is 0 Å². The van der Waals surface area contributed by atoms with E-state index < -0.39 is 0 Å². The van der Waals surface area contributed by atoms with Gasteiger partial charge in [0.2, 0.25) is 0 Å². The number of benzene rings is 2. The maximum Gasteiger partial charge on any atom is 0.329 e. The molecule has 0 saturated heterocycles. The summed E-state index contributed by atoms with van der Waals surface area (Å²) < 4.78 is 3.80. The molecule has 1 aliphatic heterocycles. The van der Waals surface area contributed by atoms with Crippen LogP contribution in [0.1, 0.15) is 38.3 Å². The van der Waals surface area contributed by atoms with Crippen molar-refractivity contribution in [3.8, 4) is 0 Å². The van der Waals surface area contributed by atoms with Crippen LogP contribution in [0.4, 0.5) is 5.69 Å². The molecule has 0 amide bonds. The van der Waals surface area contributed by atoms with Gasteiger partial charge < -0.3 is 0 Å². The minimum Gasteiger partial charge on any atom is -0.292 e. The Bertz CT molecular complexity index is 1010. The molecule has 1 aliphatic rings. The molecule has 4 nitrogen and oxygen atoms in total. The van der Waals surface area contributed by atoms with E-state index in [4.69, 9.17) is 4.99 Å². The molecule has 0 saturated carbocycles. The number of aromatic nitrogens is 2. The summed E-state index contributed by atoms with van der Waals surface area (Å²) in [7, 11) is 0. The molecule has 1 aromatic heterocycles. The van der Waals surface area contributed by atoms with Crippen LogP contribution in [0.3, 0.4) is 0 Å². The van der Waals surface area contributed by atoms with E-state index in [0.29, 0.717) is 0 Å². The zero-order valence-corrected chi connectivity index (χ0v) is 14.8. The summed E-state index contributed by atoms with van der Waals surface area (Å²) in [5, 5.41) is 0. The normalized spacial score (nSPS) is 13.5. The van der Waals surface area contributed by atoms with Crippen LogP contribution in [0.25, 0.3) is 11.0 Å². The van der Waals surface area contributed by atoms with Gasteiger partial charge in [-0.25, -0.2) is 4.79 Å². The minimum absolute atomic E-state index is 0.0906. The first-order chi connectivity index (χ1) is 12.1. The number of fused-ring (bicyclic) bond motifs is 2. The van der Waals surface area contributed by atoms with E-state index in [9.17, 15) is 4.79 Å². The number of para-hydroxylation sites is 3. The number of aryl methyl sites for hydroxylation is 1. The van der Waals surface area contributed by atoms with E-state index >= 15 is 0 Å². The summed E-state index contributed by atoms with van der Waals surface area (Å²) in [6.07, 6.45) is 2.81. The Morgan fingerprint density at radius 1 is 1.04 bits per heavy atom. The molecule has 4 heteroatoms. The van der Waals surface area contributed by atoms with Crippen LogP contribution < -0.4 is 5.69 Å². The maximum atomic E-state index is 12.8. The molecule has 0 unspecified atom stereocenters. The quantitative estimate of drug-likeness (QED) is 0.678. The zero-order valence-electron chi connectivity index (χ0n) is 14.8. The summed E-state index contributed by atoms with van der Waals surface area (Å²) in [5.41, 5.74) is 5.78. The predicted molar refractivity (Wildman–Crippen MR) is 103 cm³/mol. The van der Waals surface area contributed by atoms with Gasteiger partial charge in [-0.1, -0.05) is 30.3 Å². The molecular formula is C21H23N3O. The molecule has 3 aromatic rings. The Labute approximate surface area is 147 Å². The fourth-order valence-corrected chi connectivity index (χ4v) is 3.73. The molecule has 0 N–H and O–H groups in total. The summed E-state index contributed by atoms with van der Waals surface area (Å²) in [5.74, 6) is 0. The number of aliphatic imine (C=N–C) groups is 1. The highest BCUT2D eigenvalue weighted by Gasteiger charge is 2.16. The third-order valence-electron chi connectivity index (χ3n) is 4.90. The van der Waals surface area contributed by atoms with Crippen molar-refractivity contribution < 1.29 is 0 Å². The van der Waals surface area contributed by atoms with Gasteiger partial charge in [-0.05, 0) is 50.5 Å². The van der Waals surface area contributed by atoms with Gasteiger partial charge in [0.1, 0.15) is 0 Å². The van der Waals surface area contributed by atoms with Crippen LogP contribution in [-0.2, 0) is 13.0 Å². The fourth-order valence-electron chi connectivity index (χ4n) is 3.73. The van der Waals surface area contributed by atoms with Crippen molar-refractivity contribution in [1.29, 1.82) is 0 Å². The molecule has 2 aromatic carbocycles. The lowest BCUT2D eigenvalue weighted by Crippen LogP contribution is -2.25. The number of imidazole rings is 1. The first kappa shape index (κ1) is 15.9. The van der Waals surface area contributed by atoms with E-state index in [1.807, 2.05) is 39.5 Å². The highest BCUT2D eigenvalue weighted by molar-refractivity contribution is 5.93. The number of nitrogens with zero attached hydrogens (tertiary/aromatic N) is 3.